The molecular formula is C44H57N5O5S. The molecule has 0 atom stereocenters. The SMILES string of the molecule is CCC(CC)N(CCN(C)C(=O)CCC(=O)O)Cc1cccc(C(=O)Nc2sc3c(c2C(=O)c2cnn(CCCCc4ccccc4)c2)CCC(C)(C)C3)c1. The van der Waals surface area contributed by atoms with E-state index < -0.39 is 5.97 Å². The van der Waals surface area contributed by atoms with Crippen molar-refractivity contribution in [2.24, 2.45) is 5.41 Å². The number of aliphatic carboxylic acids is 1. The van der Waals surface area contributed by atoms with Crippen molar-refractivity contribution in [2.75, 3.05) is 25.5 Å². The molecule has 5 rings (SSSR count). The average molecular weight is 768 g/mol. The highest BCUT2D eigenvalue weighted by Crippen LogP contribution is 2.44. The number of amides is 2. The topological polar surface area (TPSA) is 125 Å². The van der Waals surface area contributed by atoms with Gasteiger partial charge in [-0.25, -0.2) is 0 Å². The third-order valence-electron chi connectivity index (χ3n) is 10.8. The van der Waals surface area contributed by atoms with E-state index in [1.165, 1.54) is 16.9 Å². The number of hydrogen-bond acceptors (Lipinski definition) is 7. The van der Waals surface area contributed by atoms with Crippen LogP contribution in [0.3, 0.4) is 0 Å². The van der Waals surface area contributed by atoms with Gasteiger partial charge in [0.2, 0.25) is 5.91 Å². The number of rotatable bonds is 20. The second-order valence-electron chi connectivity index (χ2n) is 15.6. The number of carbonyl (C=O) groups excluding carboxylic acids is 3. The van der Waals surface area contributed by atoms with E-state index in [4.69, 9.17) is 5.11 Å². The molecule has 2 aromatic carbocycles. The van der Waals surface area contributed by atoms with E-state index in [9.17, 15) is 19.2 Å². The molecular weight excluding hydrogens is 711 g/mol. The second kappa shape index (κ2) is 19.3. The van der Waals surface area contributed by atoms with E-state index in [1.54, 1.807) is 24.2 Å². The first-order chi connectivity index (χ1) is 26.4. The van der Waals surface area contributed by atoms with Crippen molar-refractivity contribution in [3.05, 3.63) is 105 Å². The van der Waals surface area contributed by atoms with Crippen molar-refractivity contribution in [2.45, 2.75) is 111 Å². The number of thiophene rings is 1. The van der Waals surface area contributed by atoms with E-state index >= 15 is 0 Å². The van der Waals surface area contributed by atoms with Crippen LogP contribution in [0, 0.1) is 5.41 Å². The molecule has 2 amide bonds. The molecule has 0 aliphatic heterocycles. The molecule has 0 unspecified atom stereocenters. The van der Waals surface area contributed by atoms with Crippen LogP contribution in [0.2, 0.25) is 0 Å². The molecule has 0 bridgehead atoms. The Bertz CT molecular complexity index is 1930. The highest BCUT2D eigenvalue weighted by atomic mass is 32.1. The number of ketones is 1. The van der Waals surface area contributed by atoms with Gasteiger partial charge in [0, 0.05) is 62.3 Å². The first-order valence-corrected chi connectivity index (χ1v) is 20.5. The molecule has 2 N–H and O–H groups in total. The van der Waals surface area contributed by atoms with E-state index in [1.807, 2.05) is 35.1 Å². The highest BCUT2D eigenvalue weighted by molar-refractivity contribution is 7.17. The Morgan fingerprint density at radius 1 is 0.964 bits per heavy atom. The second-order valence-corrected chi connectivity index (χ2v) is 16.7. The molecule has 0 saturated carbocycles. The number of benzene rings is 2. The lowest BCUT2D eigenvalue weighted by Gasteiger charge is -2.32. The molecule has 2 heterocycles. The van der Waals surface area contributed by atoms with Crippen molar-refractivity contribution < 1.29 is 24.3 Å². The van der Waals surface area contributed by atoms with Crippen molar-refractivity contribution in [3.63, 3.8) is 0 Å². The van der Waals surface area contributed by atoms with Crippen LogP contribution >= 0.6 is 11.3 Å². The molecule has 10 nitrogen and oxygen atoms in total. The van der Waals surface area contributed by atoms with Gasteiger partial charge in [-0.1, -0.05) is 70.2 Å². The molecule has 1 aliphatic rings. The third-order valence-corrected chi connectivity index (χ3v) is 12.0. The lowest BCUT2D eigenvalue weighted by Crippen LogP contribution is -2.41. The third kappa shape index (κ3) is 11.5. The lowest BCUT2D eigenvalue weighted by atomic mass is 9.76. The Balaban J connectivity index is 1.30. The summed E-state index contributed by atoms with van der Waals surface area (Å²) in [5.74, 6) is -1.54. The van der Waals surface area contributed by atoms with Crippen LogP contribution in [0.5, 0.6) is 0 Å². The van der Waals surface area contributed by atoms with Crippen LogP contribution in [0.25, 0.3) is 0 Å². The summed E-state index contributed by atoms with van der Waals surface area (Å²) in [6.07, 6.45) is 10.7. The number of unbranched alkanes of at least 4 members (excludes halogenated alkanes) is 1. The predicted molar refractivity (Wildman–Crippen MR) is 219 cm³/mol. The van der Waals surface area contributed by atoms with Crippen LogP contribution < -0.4 is 5.32 Å². The number of anilines is 1. The molecule has 4 aromatic rings. The molecule has 0 radical (unpaired) electrons. The van der Waals surface area contributed by atoms with Gasteiger partial charge in [0.05, 0.1) is 23.7 Å². The summed E-state index contributed by atoms with van der Waals surface area (Å²) in [6.45, 7) is 11.2. The molecule has 1 aliphatic carbocycles. The van der Waals surface area contributed by atoms with Gasteiger partial charge in [-0.15, -0.1) is 11.3 Å². The van der Waals surface area contributed by atoms with Gasteiger partial charge in [0.15, 0.2) is 5.78 Å². The Morgan fingerprint density at radius 3 is 2.44 bits per heavy atom. The van der Waals surface area contributed by atoms with E-state index in [0.29, 0.717) is 41.3 Å². The van der Waals surface area contributed by atoms with E-state index in [2.05, 4.69) is 67.3 Å². The number of carboxylic acid groups (broad SMARTS) is 1. The number of aryl methyl sites for hydroxylation is 2. The smallest absolute Gasteiger partial charge is 0.303 e. The minimum atomic E-state index is -0.983. The summed E-state index contributed by atoms with van der Waals surface area (Å²) >= 11 is 1.52. The predicted octanol–water partition coefficient (Wildman–Crippen LogP) is 8.28. The molecule has 2 aromatic heterocycles. The van der Waals surface area contributed by atoms with Gasteiger partial charge >= 0.3 is 5.97 Å². The normalized spacial score (nSPS) is 13.5. The number of likely N-dealkylation sites (N-methyl/N-ethyl adjacent to an activating group) is 1. The van der Waals surface area contributed by atoms with Gasteiger partial charge in [0.25, 0.3) is 5.91 Å². The van der Waals surface area contributed by atoms with Gasteiger partial charge in [-0.3, -0.25) is 28.8 Å². The molecule has 11 heteroatoms. The summed E-state index contributed by atoms with van der Waals surface area (Å²) in [5, 5.41) is 17.3. The zero-order chi connectivity index (χ0) is 39.5. The van der Waals surface area contributed by atoms with E-state index in [-0.39, 0.29) is 41.9 Å². The average Bonchev–Trinajstić information content (AvgIpc) is 3.78. The van der Waals surface area contributed by atoms with E-state index in [0.717, 1.165) is 73.9 Å². The van der Waals surface area contributed by atoms with Gasteiger partial charge in [0.1, 0.15) is 5.00 Å². The number of carbonyl (C=O) groups is 4. The Hall–Kier alpha value is -4.61. The lowest BCUT2D eigenvalue weighted by molar-refractivity contribution is -0.140. The molecule has 55 heavy (non-hydrogen) atoms. The van der Waals surface area contributed by atoms with Gasteiger partial charge in [-0.2, -0.15) is 5.10 Å². The fourth-order valence-electron chi connectivity index (χ4n) is 7.45. The monoisotopic (exact) mass is 767 g/mol. The zero-order valence-corrected chi connectivity index (χ0v) is 33.9. The molecule has 0 spiro atoms. The van der Waals surface area contributed by atoms with Crippen molar-refractivity contribution in [3.8, 4) is 0 Å². The number of nitrogens with zero attached hydrogens (tertiary/aromatic N) is 4. The Morgan fingerprint density at radius 2 is 1.71 bits per heavy atom. The Kier molecular flexibility index (Phi) is 14.6. The number of hydrogen-bond donors (Lipinski definition) is 2. The van der Waals surface area contributed by atoms with Crippen molar-refractivity contribution in [1.82, 2.24) is 19.6 Å². The highest BCUT2D eigenvalue weighted by Gasteiger charge is 2.33. The quantitative estimate of drug-likeness (QED) is 0.0685. The summed E-state index contributed by atoms with van der Waals surface area (Å²) in [5.41, 5.74) is 5.07. The summed E-state index contributed by atoms with van der Waals surface area (Å²) < 4.78 is 1.85. The largest absolute Gasteiger partial charge is 0.481 e. The zero-order valence-electron chi connectivity index (χ0n) is 33.1. The first-order valence-electron chi connectivity index (χ1n) is 19.7. The number of fused-ring (bicyclic) bond motifs is 1. The number of carboxylic acids is 1. The maximum absolute atomic E-state index is 14.3. The fourth-order valence-corrected chi connectivity index (χ4v) is 8.95. The summed E-state index contributed by atoms with van der Waals surface area (Å²) in [6, 6.07) is 18.3. The van der Waals surface area contributed by atoms with Crippen LogP contribution in [0.15, 0.2) is 67.0 Å². The number of nitrogens with one attached hydrogen (secondary N) is 1. The maximum atomic E-state index is 14.3. The fraction of sp³-hybridized carbons (Fsp3) is 0.477. The first kappa shape index (κ1) is 41.6. The standard InChI is InChI=1S/C44H57N5O5S/c1-6-35(7-2)48(25-24-47(5)38(50)19-20-39(51)52)29-32-17-13-18-33(26-32)42(54)46-43-40(36-21-22-44(3,4)27-37(36)55-43)41(53)34-28-45-49(30-34)23-12-11-16-31-14-9-8-10-15-31/h8-10,13-15,17-18,26,28,30,35H,6-7,11-12,16,19-25,27,29H2,1-5H3,(H,46,54)(H,51,52). The summed E-state index contributed by atoms with van der Waals surface area (Å²) in [7, 11) is 1.71. The molecule has 294 valence electrons. The molecule has 0 fully saturated rings. The maximum Gasteiger partial charge on any atom is 0.303 e. The minimum Gasteiger partial charge on any atom is -0.481 e. The minimum absolute atomic E-state index is 0.0223. The molecule has 0 saturated heterocycles. The van der Waals surface area contributed by atoms with Crippen molar-refractivity contribution in [1.29, 1.82) is 0 Å². The van der Waals surface area contributed by atoms with Gasteiger partial charge in [-0.05, 0) is 85.6 Å². The number of aromatic nitrogens is 2. The summed E-state index contributed by atoms with van der Waals surface area (Å²) in [4.78, 5) is 56.8. The van der Waals surface area contributed by atoms with Crippen LogP contribution in [0.4, 0.5) is 5.00 Å². The van der Waals surface area contributed by atoms with Gasteiger partial charge < -0.3 is 15.3 Å². The Labute approximate surface area is 329 Å². The van der Waals surface area contributed by atoms with Crippen LogP contribution in [-0.4, -0.2) is 74.4 Å². The van der Waals surface area contributed by atoms with Crippen LogP contribution in [-0.2, 0) is 41.9 Å². The van der Waals surface area contributed by atoms with Crippen LogP contribution in [0.1, 0.15) is 120 Å². The van der Waals surface area contributed by atoms with Crippen molar-refractivity contribution >= 4 is 39.9 Å².